The molecule has 2 heterocycles. The minimum Gasteiger partial charge on any atom is -0.465 e. The number of hydrogen-bond donors (Lipinski definition) is 2. The molecule has 7 nitrogen and oxygen atoms in total. The molecule has 1 aliphatic rings. The predicted octanol–water partition coefficient (Wildman–Crippen LogP) is 2.97. The maximum Gasteiger partial charge on any atom is 0.337 e. The van der Waals surface area contributed by atoms with Crippen LogP contribution in [0.1, 0.15) is 36.0 Å². The molecule has 1 saturated heterocycles. The Morgan fingerprint density at radius 3 is 2.44 bits per heavy atom. The van der Waals surface area contributed by atoms with E-state index in [-0.39, 0.29) is 5.97 Å². The number of ether oxygens (including phenoxy) is 1. The SMILES string of the molecule is COC(=O)c1ccc(Nc2ncnc(N3CCCCCC3)c2N)cc1. The number of carbonyl (C=O) groups excluding carboxylic acids is 1. The number of nitrogens with two attached hydrogens (primary N) is 1. The summed E-state index contributed by atoms with van der Waals surface area (Å²) in [5.41, 5.74) is 8.14. The number of esters is 1. The van der Waals surface area contributed by atoms with E-state index in [0.29, 0.717) is 17.1 Å². The van der Waals surface area contributed by atoms with Crippen LogP contribution in [0.4, 0.5) is 23.0 Å². The Morgan fingerprint density at radius 2 is 1.80 bits per heavy atom. The van der Waals surface area contributed by atoms with Crippen molar-refractivity contribution in [2.24, 2.45) is 0 Å². The molecule has 0 spiro atoms. The zero-order valence-electron chi connectivity index (χ0n) is 14.4. The molecule has 3 N–H and O–H groups in total. The summed E-state index contributed by atoms with van der Waals surface area (Å²) in [5, 5.41) is 3.20. The fourth-order valence-electron chi connectivity index (χ4n) is 2.96. The Kier molecular flexibility index (Phi) is 5.33. The number of anilines is 4. The topological polar surface area (TPSA) is 93.4 Å². The number of nitrogens with one attached hydrogen (secondary N) is 1. The molecule has 0 amide bonds. The Hall–Kier alpha value is -2.83. The third kappa shape index (κ3) is 3.99. The predicted molar refractivity (Wildman–Crippen MR) is 98.2 cm³/mol. The summed E-state index contributed by atoms with van der Waals surface area (Å²) >= 11 is 0. The van der Waals surface area contributed by atoms with Crippen LogP contribution in [0.5, 0.6) is 0 Å². The molecule has 1 aromatic heterocycles. The lowest BCUT2D eigenvalue weighted by Crippen LogP contribution is -2.26. The van der Waals surface area contributed by atoms with Crippen molar-refractivity contribution in [3.05, 3.63) is 36.2 Å². The van der Waals surface area contributed by atoms with Crippen molar-refractivity contribution in [1.82, 2.24) is 9.97 Å². The fraction of sp³-hybridized carbons (Fsp3) is 0.389. The Balaban J connectivity index is 1.78. The van der Waals surface area contributed by atoms with E-state index in [0.717, 1.165) is 37.4 Å². The number of hydrogen-bond acceptors (Lipinski definition) is 7. The average molecular weight is 341 g/mol. The van der Waals surface area contributed by atoms with Crippen LogP contribution in [-0.4, -0.2) is 36.1 Å². The second-order valence-corrected chi connectivity index (χ2v) is 6.05. The molecule has 0 bridgehead atoms. The summed E-state index contributed by atoms with van der Waals surface area (Å²) in [4.78, 5) is 22.4. The second-order valence-electron chi connectivity index (χ2n) is 6.05. The molecule has 0 atom stereocenters. The summed E-state index contributed by atoms with van der Waals surface area (Å²) in [6, 6.07) is 6.97. The van der Waals surface area contributed by atoms with Crippen molar-refractivity contribution in [2.75, 3.05) is 36.1 Å². The van der Waals surface area contributed by atoms with Crippen LogP contribution < -0.4 is 16.0 Å². The van der Waals surface area contributed by atoms with Gasteiger partial charge in [0.25, 0.3) is 0 Å². The maximum atomic E-state index is 11.5. The molecule has 25 heavy (non-hydrogen) atoms. The van der Waals surface area contributed by atoms with Gasteiger partial charge in [-0.15, -0.1) is 0 Å². The molecule has 132 valence electrons. The van der Waals surface area contributed by atoms with E-state index in [9.17, 15) is 4.79 Å². The summed E-state index contributed by atoms with van der Waals surface area (Å²) < 4.78 is 4.70. The van der Waals surface area contributed by atoms with Gasteiger partial charge in [0.05, 0.1) is 12.7 Å². The zero-order chi connectivity index (χ0) is 17.6. The van der Waals surface area contributed by atoms with E-state index in [2.05, 4.69) is 20.2 Å². The van der Waals surface area contributed by atoms with Crippen LogP contribution in [0.3, 0.4) is 0 Å². The minimum absolute atomic E-state index is 0.364. The van der Waals surface area contributed by atoms with Crippen LogP contribution in [0, 0.1) is 0 Å². The van der Waals surface area contributed by atoms with E-state index in [4.69, 9.17) is 10.5 Å². The van der Waals surface area contributed by atoms with Crippen LogP contribution >= 0.6 is 0 Å². The van der Waals surface area contributed by atoms with E-state index in [1.807, 2.05) is 0 Å². The van der Waals surface area contributed by atoms with Gasteiger partial charge in [-0.2, -0.15) is 0 Å². The number of nitrogen functional groups attached to an aromatic ring is 1. The van der Waals surface area contributed by atoms with Crippen LogP contribution in [0.15, 0.2) is 30.6 Å². The van der Waals surface area contributed by atoms with Crippen molar-refractivity contribution in [1.29, 1.82) is 0 Å². The summed E-state index contributed by atoms with van der Waals surface area (Å²) in [7, 11) is 1.36. The number of aromatic nitrogens is 2. The molecule has 0 radical (unpaired) electrons. The van der Waals surface area contributed by atoms with Crippen LogP contribution in [-0.2, 0) is 4.74 Å². The zero-order valence-corrected chi connectivity index (χ0v) is 14.4. The first-order chi connectivity index (χ1) is 12.2. The standard InChI is InChI=1S/C18H23N5O2/c1-25-18(24)13-6-8-14(9-7-13)22-16-15(19)17(21-12-20-16)23-10-4-2-3-5-11-23/h6-9,12H,2-5,10-11,19H2,1H3,(H,20,21,22). The molecular formula is C18H23N5O2. The van der Waals surface area contributed by atoms with Gasteiger partial charge in [0.2, 0.25) is 0 Å². The first-order valence-electron chi connectivity index (χ1n) is 8.50. The van der Waals surface area contributed by atoms with Gasteiger partial charge in [-0.1, -0.05) is 12.8 Å². The largest absolute Gasteiger partial charge is 0.465 e. The first kappa shape index (κ1) is 17.0. The highest BCUT2D eigenvalue weighted by molar-refractivity contribution is 5.90. The van der Waals surface area contributed by atoms with Gasteiger partial charge in [0.15, 0.2) is 11.6 Å². The van der Waals surface area contributed by atoms with E-state index < -0.39 is 0 Å². The number of benzene rings is 1. The van der Waals surface area contributed by atoms with E-state index in [1.54, 1.807) is 24.3 Å². The lowest BCUT2D eigenvalue weighted by Gasteiger charge is -2.23. The van der Waals surface area contributed by atoms with Gasteiger partial charge in [0, 0.05) is 18.8 Å². The molecule has 1 aromatic carbocycles. The molecular weight excluding hydrogens is 318 g/mol. The van der Waals surface area contributed by atoms with Crippen LogP contribution in [0.2, 0.25) is 0 Å². The minimum atomic E-state index is -0.364. The molecule has 0 unspecified atom stereocenters. The van der Waals surface area contributed by atoms with Gasteiger partial charge in [-0.3, -0.25) is 0 Å². The molecule has 0 saturated carbocycles. The van der Waals surface area contributed by atoms with Crippen molar-refractivity contribution in [3.8, 4) is 0 Å². The number of carbonyl (C=O) groups is 1. The number of rotatable bonds is 4. The highest BCUT2D eigenvalue weighted by atomic mass is 16.5. The normalized spacial score (nSPS) is 14.7. The molecule has 3 rings (SSSR count). The third-order valence-corrected chi connectivity index (χ3v) is 4.34. The van der Waals surface area contributed by atoms with E-state index in [1.165, 1.54) is 26.3 Å². The monoisotopic (exact) mass is 341 g/mol. The third-order valence-electron chi connectivity index (χ3n) is 4.34. The number of nitrogens with zero attached hydrogens (tertiary/aromatic N) is 3. The van der Waals surface area contributed by atoms with Gasteiger partial charge in [-0.25, -0.2) is 14.8 Å². The van der Waals surface area contributed by atoms with Crippen LogP contribution in [0.25, 0.3) is 0 Å². The lowest BCUT2D eigenvalue weighted by molar-refractivity contribution is 0.0601. The van der Waals surface area contributed by atoms with Crippen molar-refractivity contribution in [3.63, 3.8) is 0 Å². The first-order valence-corrected chi connectivity index (χ1v) is 8.50. The summed E-state index contributed by atoms with van der Waals surface area (Å²) in [5.74, 6) is 0.988. The van der Waals surface area contributed by atoms with Crippen molar-refractivity contribution >= 4 is 29.0 Å². The van der Waals surface area contributed by atoms with Gasteiger partial charge >= 0.3 is 5.97 Å². The summed E-state index contributed by atoms with van der Waals surface area (Å²) in [6.07, 6.45) is 6.34. The van der Waals surface area contributed by atoms with Gasteiger partial charge in [-0.05, 0) is 37.1 Å². The highest BCUT2D eigenvalue weighted by Gasteiger charge is 2.17. The van der Waals surface area contributed by atoms with Crippen molar-refractivity contribution < 1.29 is 9.53 Å². The van der Waals surface area contributed by atoms with Gasteiger partial charge in [0.1, 0.15) is 12.0 Å². The van der Waals surface area contributed by atoms with Gasteiger partial charge < -0.3 is 20.7 Å². The molecule has 1 aliphatic heterocycles. The average Bonchev–Trinajstić information content (AvgIpc) is 2.93. The summed E-state index contributed by atoms with van der Waals surface area (Å²) in [6.45, 7) is 1.93. The quantitative estimate of drug-likeness (QED) is 0.826. The van der Waals surface area contributed by atoms with Crippen molar-refractivity contribution in [2.45, 2.75) is 25.7 Å². The number of methoxy groups -OCH3 is 1. The maximum absolute atomic E-state index is 11.5. The van der Waals surface area contributed by atoms with E-state index >= 15 is 0 Å². The fourth-order valence-corrected chi connectivity index (χ4v) is 2.96. The lowest BCUT2D eigenvalue weighted by atomic mass is 10.2. The smallest absolute Gasteiger partial charge is 0.337 e. The second kappa shape index (κ2) is 7.83. The Morgan fingerprint density at radius 1 is 1.12 bits per heavy atom. The Labute approximate surface area is 147 Å². The molecule has 1 fully saturated rings. The highest BCUT2D eigenvalue weighted by Crippen LogP contribution is 2.30. The molecule has 7 heteroatoms. The Bertz CT molecular complexity index is 725. The molecule has 0 aliphatic carbocycles. The molecule has 2 aromatic rings.